The highest BCUT2D eigenvalue weighted by Gasteiger charge is 2.29. The van der Waals surface area contributed by atoms with Crippen molar-refractivity contribution in [1.82, 2.24) is 14.9 Å². The molecule has 6 nitrogen and oxygen atoms in total. The molecule has 3 rings (SSSR count). The smallest absolute Gasteiger partial charge is 0.356 e. The molecule has 0 radical (unpaired) electrons. The van der Waals surface area contributed by atoms with Crippen LogP contribution < -0.4 is 5.32 Å². The van der Waals surface area contributed by atoms with Crippen LogP contribution in [0.2, 0.25) is 0 Å². The van der Waals surface area contributed by atoms with E-state index >= 15 is 0 Å². The highest BCUT2D eigenvalue weighted by atomic mass is 32.1. The first kappa shape index (κ1) is 19.1. The van der Waals surface area contributed by atoms with Gasteiger partial charge in [0.25, 0.3) is 5.91 Å². The minimum Gasteiger partial charge on any atom is -0.443 e. The Morgan fingerprint density at radius 2 is 2.04 bits per heavy atom. The van der Waals surface area contributed by atoms with Crippen molar-refractivity contribution in [3.63, 3.8) is 0 Å². The van der Waals surface area contributed by atoms with Crippen molar-refractivity contribution in [2.75, 3.05) is 0 Å². The predicted octanol–water partition coefficient (Wildman–Crippen LogP) is 3.76. The normalized spacial score (nSPS) is 12.8. The largest absolute Gasteiger partial charge is 0.443 e. The van der Waals surface area contributed by atoms with E-state index in [-0.39, 0.29) is 5.91 Å². The molecule has 1 atom stereocenters. The van der Waals surface area contributed by atoms with Gasteiger partial charge in [0.1, 0.15) is 5.69 Å². The molecule has 27 heavy (non-hydrogen) atoms. The summed E-state index contributed by atoms with van der Waals surface area (Å²) < 4.78 is 8.44. The number of pyridine rings is 1. The second-order valence-electron chi connectivity index (χ2n) is 7.51. The number of aryl methyl sites for hydroxylation is 2. The van der Waals surface area contributed by atoms with Crippen LogP contribution in [0.25, 0.3) is 10.2 Å². The van der Waals surface area contributed by atoms with Crippen LogP contribution in [0.3, 0.4) is 0 Å². The maximum atomic E-state index is 12.8. The molecule has 0 aromatic carbocycles. The van der Waals surface area contributed by atoms with Crippen molar-refractivity contribution in [3.05, 3.63) is 52.8 Å². The Hall–Kier alpha value is -2.67. The number of aromatic nitrogens is 2. The number of nitrogens with one attached hydrogen (secondary N) is 1. The van der Waals surface area contributed by atoms with Crippen molar-refractivity contribution in [2.45, 2.75) is 39.3 Å². The van der Waals surface area contributed by atoms with Crippen molar-refractivity contribution in [2.24, 2.45) is 7.05 Å². The number of nitrogens with zero attached hydrogens (tertiary/aromatic N) is 2. The first-order valence-corrected chi connectivity index (χ1v) is 9.46. The molecule has 1 amide bonds. The third kappa shape index (κ3) is 4.19. The van der Waals surface area contributed by atoms with Gasteiger partial charge in [-0.25, -0.2) is 4.79 Å². The molecule has 142 valence electrons. The lowest BCUT2D eigenvalue weighted by Gasteiger charge is -2.25. The van der Waals surface area contributed by atoms with E-state index in [1.807, 2.05) is 40.8 Å². The highest BCUT2D eigenvalue weighted by Crippen LogP contribution is 2.29. The van der Waals surface area contributed by atoms with Crippen LogP contribution in [0.4, 0.5) is 0 Å². The van der Waals surface area contributed by atoms with Crippen LogP contribution in [0.5, 0.6) is 0 Å². The molecule has 7 heteroatoms. The zero-order valence-electron chi connectivity index (χ0n) is 16.1. The minimum absolute atomic E-state index is 0.379. The fourth-order valence-corrected chi connectivity index (χ4v) is 3.83. The van der Waals surface area contributed by atoms with Gasteiger partial charge in [-0.3, -0.25) is 9.78 Å². The fraction of sp³-hybridized carbons (Fsp3) is 0.350. The summed E-state index contributed by atoms with van der Waals surface area (Å²) >= 11 is 1.62. The average Bonchev–Trinajstić information content (AvgIpc) is 3.09. The van der Waals surface area contributed by atoms with E-state index in [4.69, 9.17) is 4.74 Å². The second-order valence-corrected chi connectivity index (χ2v) is 8.79. The zero-order chi connectivity index (χ0) is 19.8. The molecule has 3 aromatic rings. The maximum absolute atomic E-state index is 12.8. The van der Waals surface area contributed by atoms with Crippen molar-refractivity contribution in [3.8, 4) is 0 Å². The average molecular weight is 385 g/mol. The van der Waals surface area contributed by atoms with Crippen molar-refractivity contribution in [1.29, 1.82) is 0 Å². The van der Waals surface area contributed by atoms with Crippen LogP contribution in [0.15, 0.2) is 36.7 Å². The van der Waals surface area contributed by atoms with Gasteiger partial charge in [0.2, 0.25) is 6.10 Å². The van der Waals surface area contributed by atoms with Crippen LogP contribution >= 0.6 is 11.3 Å². The first-order valence-electron chi connectivity index (χ1n) is 8.64. The number of amides is 1. The molecule has 3 aromatic heterocycles. The summed E-state index contributed by atoms with van der Waals surface area (Å²) in [6, 6.07) is 7.26. The summed E-state index contributed by atoms with van der Waals surface area (Å²) in [6.45, 7) is 7.65. The number of carbonyl (C=O) groups excluding carboxylic acids is 2. The standard InChI is InChI=1S/C20H23N3O3S/c1-12-9-14-16(27-12)10-15(23(14)5)19(25)26-17(13-7-6-8-21-11-13)18(24)22-20(2,3)4/h6-11,17H,1-5H3,(H,22,24). The number of carbonyl (C=O) groups is 2. The Labute approximate surface area is 162 Å². The minimum atomic E-state index is -1.07. The van der Waals surface area contributed by atoms with Gasteiger partial charge in [0.05, 0.1) is 10.2 Å². The lowest BCUT2D eigenvalue weighted by atomic mass is 10.1. The van der Waals surface area contributed by atoms with E-state index in [1.54, 1.807) is 40.3 Å². The number of thiophene rings is 1. The molecule has 3 heterocycles. The quantitative estimate of drug-likeness (QED) is 0.694. The number of rotatable bonds is 4. The summed E-state index contributed by atoms with van der Waals surface area (Å²) in [6.07, 6.45) is 2.07. The molecule has 0 spiro atoms. The molecular weight excluding hydrogens is 362 g/mol. The topological polar surface area (TPSA) is 73.2 Å². The van der Waals surface area contributed by atoms with Gasteiger partial charge in [-0.15, -0.1) is 11.3 Å². The summed E-state index contributed by atoms with van der Waals surface area (Å²) in [7, 11) is 1.82. The number of ether oxygens (including phenoxy) is 1. The summed E-state index contributed by atoms with van der Waals surface area (Å²) in [5.74, 6) is -0.924. The molecule has 0 bridgehead atoms. The Balaban J connectivity index is 1.90. The van der Waals surface area contributed by atoms with Gasteiger partial charge in [-0.05, 0) is 45.9 Å². The van der Waals surface area contributed by atoms with E-state index in [0.717, 1.165) is 10.2 Å². The second kappa shape index (κ2) is 7.15. The number of fused-ring (bicyclic) bond motifs is 1. The van der Waals surface area contributed by atoms with E-state index in [1.165, 1.54) is 11.1 Å². The van der Waals surface area contributed by atoms with Gasteiger partial charge >= 0.3 is 5.97 Å². The SMILES string of the molecule is Cc1cc2c(cc(C(=O)OC(C(=O)NC(C)(C)C)c3cccnc3)n2C)s1. The fourth-order valence-electron chi connectivity index (χ4n) is 2.84. The predicted molar refractivity (Wildman–Crippen MR) is 106 cm³/mol. The summed E-state index contributed by atoms with van der Waals surface area (Å²) in [5.41, 5.74) is 1.46. The first-order chi connectivity index (χ1) is 12.7. The van der Waals surface area contributed by atoms with Gasteiger partial charge < -0.3 is 14.6 Å². The molecule has 0 fully saturated rings. The Bertz CT molecular complexity index is 983. The van der Waals surface area contributed by atoms with Crippen LogP contribution in [-0.4, -0.2) is 27.0 Å². The molecular formula is C20H23N3O3S. The number of esters is 1. The van der Waals surface area contributed by atoms with Gasteiger partial charge in [0, 0.05) is 35.4 Å². The van der Waals surface area contributed by atoms with E-state index < -0.39 is 17.6 Å². The van der Waals surface area contributed by atoms with E-state index in [2.05, 4.69) is 10.3 Å². The third-order valence-corrected chi connectivity index (χ3v) is 5.00. The van der Waals surface area contributed by atoms with Gasteiger partial charge in [0.15, 0.2) is 0 Å². The van der Waals surface area contributed by atoms with E-state index in [9.17, 15) is 9.59 Å². The van der Waals surface area contributed by atoms with Crippen LogP contribution in [0.1, 0.15) is 47.8 Å². The number of hydrogen-bond donors (Lipinski definition) is 1. The summed E-state index contributed by atoms with van der Waals surface area (Å²) in [5, 5.41) is 2.87. The number of hydrogen-bond acceptors (Lipinski definition) is 5. The Morgan fingerprint density at radius 1 is 1.30 bits per heavy atom. The molecule has 1 N–H and O–H groups in total. The van der Waals surface area contributed by atoms with Crippen LogP contribution in [0, 0.1) is 6.92 Å². The third-order valence-electron chi connectivity index (χ3n) is 4.01. The summed E-state index contributed by atoms with van der Waals surface area (Å²) in [4.78, 5) is 30.8. The van der Waals surface area contributed by atoms with Crippen molar-refractivity contribution < 1.29 is 14.3 Å². The van der Waals surface area contributed by atoms with E-state index in [0.29, 0.717) is 11.3 Å². The zero-order valence-corrected chi connectivity index (χ0v) is 16.9. The molecule has 0 saturated carbocycles. The van der Waals surface area contributed by atoms with Crippen LogP contribution in [-0.2, 0) is 16.6 Å². The van der Waals surface area contributed by atoms with Gasteiger partial charge in [-0.1, -0.05) is 6.07 Å². The highest BCUT2D eigenvalue weighted by molar-refractivity contribution is 7.19. The lowest BCUT2D eigenvalue weighted by molar-refractivity contribution is -0.131. The Morgan fingerprint density at radius 3 is 2.63 bits per heavy atom. The molecule has 0 aliphatic carbocycles. The molecule has 0 aliphatic rings. The maximum Gasteiger partial charge on any atom is 0.356 e. The van der Waals surface area contributed by atoms with Crippen molar-refractivity contribution >= 4 is 33.4 Å². The Kier molecular flexibility index (Phi) is 5.06. The molecule has 0 aliphatic heterocycles. The molecule has 0 saturated heterocycles. The van der Waals surface area contributed by atoms with Gasteiger partial charge in [-0.2, -0.15) is 0 Å². The molecule has 1 unspecified atom stereocenters. The monoisotopic (exact) mass is 385 g/mol. The lowest BCUT2D eigenvalue weighted by Crippen LogP contribution is -2.44.